The van der Waals surface area contributed by atoms with E-state index in [1.807, 2.05) is 12.1 Å². The van der Waals surface area contributed by atoms with Gasteiger partial charge in [-0.1, -0.05) is 60.7 Å². The van der Waals surface area contributed by atoms with Gasteiger partial charge in [-0.2, -0.15) is 0 Å². The summed E-state index contributed by atoms with van der Waals surface area (Å²) in [6.07, 6.45) is -0.215. The number of benzene rings is 3. The van der Waals surface area contributed by atoms with E-state index < -0.39 is 20.5 Å². The molecule has 0 saturated heterocycles. The third-order valence-corrected chi connectivity index (χ3v) is 7.46. The topological polar surface area (TPSA) is 92.7 Å². The van der Waals surface area contributed by atoms with Crippen molar-refractivity contribution in [2.45, 2.75) is 22.5 Å². The first kappa shape index (κ1) is 21.5. The SMILES string of the molecule is COc1ccc(S(=O)(=O)C(Cc2ccccc2)(Cc2ccccc2)C(=O)NO)cc1. The molecule has 0 aliphatic rings. The number of ether oxygens (including phenoxy) is 1. The minimum Gasteiger partial charge on any atom is -0.497 e. The van der Waals surface area contributed by atoms with E-state index in [4.69, 9.17) is 4.74 Å². The summed E-state index contributed by atoms with van der Waals surface area (Å²) >= 11 is 0. The summed E-state index contributed by atoms with van der Waals surface area (Å²) in [5.74, 6) is -0.483. The average molecular weight is 426 g/mol. The summed E-state index contributed by atoms with van der Waals surface area (Å²) in [6, 6.07) is 23.6. The van der Waals surface area contributed by atoms with E-state index in [2.05, 4.69) is 0 Å². The van der Waals surface area contributed by atoms with E-state index in [0.29, 0.717) is 16.9 Å². The van der Waals surface area contributed by atoms with Crippen LogP contribution < -0.4 is 10.2 Å². The molecule has 0 bridgehead atoms. The smallest absolute Gasteiger partial charge is 0.265 e. The van der Waals surface area contributed by atoms with E-state index in [0.717, 1.165) is 0 Å². The summed E-state index contributed by atoms with van der Waals surface area (Å²) < 4.78 is 30.9. The van der Waals surface area contributed by atoms with E-state index >= 15 is 0 Å². The minimum absolute atomic E-state index is 0.0289. The van der Waals surface area contributed by atoms with Gasteiger partial charge in [-0.05, 0) is 35.4 Å². The second-order valence-corrected chi connectivity index (χ2v) is 9.20. The zero-order valence-electron chi connectivity index (χ0n) is 16.5. The standard InChI is InChI=1S/C23H23NO5S/c1-29-20-12-14-21(15-13-20)30(27,28)23(22(25)24-26,16-18-8-4-2-5-9-18)17-19-10-6-3-7-11-19/h2-15,26H,16-17H2,1H3,(H,24,25). The Kier molecular flexibility index (Phi) is 6.54. The van der Waals surface area contributed by atoms with Gasteiger partial charge in [-0.15, -0.1) is 0 Å². The van der Waals surface area contributed by atoms with Crippen molar-refractivity contribution >= 4 is 15.7 Å². The van der Waals surface area contributed by atoms with Gasteiger partial charge in [-0.3, -0.25) is 10.0 Å². The van der Waals surface area contributed by atoms with Crippen LogP contribution in [0.4, 0.5) is 0 Å². The summed E-state index contributed by atoms with van der Waals surface area (Å²) in [5, 5.41) is 9.53. The first-order valence-corrected chi connectivity index (χ1v) is 10.8. The molecule has 3 aromatic carbocycles. The van der Waals surface area contributed by atoms with Crippen molar-refractivity contribution in [1.29, 1.82) is 0 Å². The van der Waals surface area contributed by atoms with Crippen LogP contribution >= 0.6 is 0 Å². The number of methoxy groups -OCH3 is 1. The summed E-state index contributed by atoms with van der Waals surface area (Å²) in [6.45, 7) is 0. The number of rotatable bonds is 8. The molecular weight excluding hydrogens is 402 g/mol. The first-order valence-electron chi connectivity index (χ1n) is 9.34. The van der Waals surface area contributed by atoms with E-state index in [1.165, 1.54) is 31.4 Å². The van der Waals surface area contributed by atoms with Gasteiger partial charge in [0.1, 0.15) is 5.75 Å². The largest absolute Gasteiger partial charge is 0.497 e. The molecule has 2 N–H and O–H groups in total. The van der Waals surface area contributed by atoms with Gasteiger partial charge in [0, 0.05) is 12.8 Å². The predicted molar refractivity (Wildman–Crippen MR) is 113 cm³/mol. The Morgan fingerprint density at radius 2 is 1.33 bits per heavy atom. The molecule has 0 aliphatic carbocycles. The molecular formula is C23H23NO5S. The molecule has 0 aliphatic heterocycles. The molecule has 0 saturated carbocycles. The molecule has 0 spiro atoms. The Balaban J connectivity index is 2.20. The lowest BCUT2D eigenvalue weighted by molar-refractivity contribution is -0.132. The van der Waals surface area contributed by atoms with Gasteiger partial charge in [-0.25, -0.2) is 13.9 Å². The number of carbonyl (C=O) groups excluding carboxylic acids is 1. The van der Waals surface area contributed by atoms with Gasteiger partial charge < -0.3 is 4.74 Å². The molecule has 156 valence electrons. The fourth-order valence-electron chi connectivity index (χ4n) is 3.47. The fraction of sp³-hybridized carbons (Fsp3) is 0.174. The van der Waals surface area contributed by atoms with Crippen LogP contribution in [0.1, 0.15) is 11.1 Å². The third-order valence-electron chi connectivity index (χ3n) is 5.06. The highest BCUT2D eigenvalue weighted by molar-refractivity contribution is 7.93. The Labute approximate surface area is 176 Å². The number of hydrogen-bond acceptors (Lipinski definition) is 5. The van der Waals surface area contributed by atoms with Crippen LogP contribution in [-0.2, 0) is 27.5 Å². The van der Waals surface area contributed by atoms with Crippen molar-refractivity contribution in [3.05, 3.63) is 96.1 Å². The van der Waals surface area contributed by atoms with Gasteiger partial charge in [0.25, 0.3) is 5.91 Å². The van der Waals surface area contributed by atoms with Crippen molar-refractivity contribution in [3.8, 4) is 5.75 Å². The normalized spacial score (nSPS) is 11.7. The number of hydroxylamine groups is 1. The molecule has 7 heteroatoms. The van der Waals surface area contributed by atoms with Crippen molar-refractivity contribution in [2.75, 3.05) is 7.11 Å². The van der Waals surface area contributed by atoms with Crippen LogP contribution in [0.5, 0.6) is 5.75 Å². The van der Waals surface area contributed by atoms with Crippen LogP contribution in [0.25, 0.3) is 0 Å². The Hall–Kier alpha value is -3.16. The van der Waals surface area contributed by atoms with Gasteiger partial charge in [0.2, 0.25) is 0 Å². The monoisotopic (exact) mass is 425 g/mol. The maximum Gasteiger partial charge on any atom is 0.265 e. The molecule has 0 atom stereocenters. The van der Waals surface area contributed by atoms with Crippen molar-refractivity contribution in [3.63, 3.8) is 0 Å². The number of hydrogen-bond donors (Lipinski definition) is 2. The van der Waals surface area contributed by atoms with Crippen LogP contribution in [-0.4, -0.2) is 31.4 Å². The molecule has 0 radical (unpaired) electrons. The number of carbonyl (C=O) groups is 1. The highest BCUT2D eigenvalue weighted by Gasteiger charge is 2.51. The molecule has 30 heavy (non-hydrogen) atoms. The van der Waals surface area contributed by atoms with Crippen molar-refractivity contribution < 1.29 is 23.2 Å². The van der Waals surface area contributed by atoms with Crippen molar-refractivity contribution in [2.24, 2.45) is 0 Å². The first-order chi connectivity index (χ1) is 14.4. The molecule has 0 unspecified atom stereocenters. The zero-order chi connectivity index (χ0) is 21.6. The van der Waals surface area contributed by atoms with E-state index in [1.54, 1.807) is 54.0 Å². The Bertz CT molecular complexity index is 1040. The van der Waals surface area contributed by atoms with Crippen molar-refractivity contribution in [1.82, 2.24) is 5.48 Å². The highest BCUT2D eigenvalue weighted by Crippen LogP contribution is 2.34. The molecule has 3 rings (SSSR count). The lowest BCUT2D eigenvalue weighted by Gasteiger charge is -2.31. The van der Waals surface area contributed by atoms with Gasteiger partial charge >= 0.3 is 0 Å². The number of nitrogens with one attached hydrogen (secondary N) is 1. The lowest BCUT2D eigenvalue weighted by Crippen LogP contribution is -2.55. The average Bonchev–Trinajstić information content (AvgIpc) is 2.79. The summed E-state index contributed by atoms with van der Waals surface area (Å²) in [4.78, 5) is 13.0. The molecule has 1 amide bonds. The van der Waals surface area contributed by atoms with Crippen LogP contribution in [0.3, 0.4) is 0 Å². The maximum atomic E-state index is 13.9. The molecule has 6 nitrogen and oxygen atoms in total. The molecule has 0 aromatic heterocycles. The third kappa shape index (κ3) is 4.22. The van der Waals surface area contributed by atoms with Crippen LogP contribution in [0.15, 0.2) is 89.8 Å². The second kappa shape index (κ2) is 9.11. The van der Waals surface area contributed by atoms with Gasteiger partial charge in [0.15, 0.2) is 14.6 Å². The Morgan fingerprint density at radius 1 is 0.867 bits per heavy atom. The van der Waals surface area contributed by atoms with E-state index in [9.17, 15) is 18.4 Å². The van der Waals surface area contributed by atoms with E-state index in [-0.39, 0.29) is 17.7 Å². The van der Waals surface area contributed by atoms with Gasteiger partial charge in [0.05, 0.1) is 12.0 Å². The zero-order valence-corrected chi connectivity index (χ0v) is 17.3. The second-order valence-electron chi connectivity index (χ2n) is 6.94. The van der Waals surface area contributed by atoms with Crippen LogP contribution in [0.2, 0.25) is 0 Å². The number of amides is 1. The quantitative estimate of drug-likeness (QED) is 0.427. The Morgan fingerprint density at radius 3 is 1.73 bits per heavy atom. The van der Waals surface area contributed by atoms with Crippen LogP contribution in [0, 0.1) is 0 Å². The molecule has 0 fully saturated rings. The lowest BCUT2D eigenvalue weighted by atomic mass is 9.91. The number of sulfone groups is 1. The molecule has 0 heterocycles. The molecule has 3 aromatic rings. The maximum absolute atomic E-state index is 13.9. The highest BCUT2D eigenvalue weighted by atomic mass is 32.2. The summed E-state index contributed by atoms with van der Waals surface area (Å²) in [5.41, 5.74) is 2.92. The minimum atomic E-state index is -4.22. The predicted octanol–water partition coefficient (Wildman–Crippen LogP) is 3.20. The summed E-state index contributed by atoms with van der Waals surface area (Å²) in [7, 11) is -2.74. The fourth-order valence-corrected chi connectivity index (χ4v) is 5.42.